The molecule has 2 N–H and O–H groups in total. The Labute approximate surface area is 194 Å². The molecule has 178 valence electrons. The molecular weight excluding hydrogens is 449 g/mol. The number of alkyl halides is 3. The molecule has 0 unspecified atom stereocenters. The van der Waals surface area contributed by atoms with Crippen LogP contribution >= 0.6 is 0 Å². The second-order valence-electron chi connectivity index (χ2n) is 7.14. The van der Waals surface area contributed by atoms with Crippen LogP contribution in [0, 0.1) is 0 Å². The number of carbonyl (C=O) groups is 2. The summed E-state index contributed by atoms with van der Waals surface area (Å²) in [6.07, 6.45) is -4.50. The Balaban J connectivity index is 1.59. The van der Waals surface area contributed by atoms with E-state index in [1.807, 2.05) is 6.92 Å². The Bertz CT molecular complexity index is 1130. The number of hydrogen-bond donors (Lipinski definition) is 2. The molecule has 0 saturated carbocycles. The Morgan fingerprint density at radius 3 is 2.18 bits per heavy atom. The van der Waals surface area contributed by atoms with Crippen LogP contribution in [0.2, 0.25) is 0 Å². The second kappa shape index (κ2) is 11.3. The van der Waals surface area contributed by atoms with Crippen molar-refractivity contribution in [3.05, 3.63) is 89.5 Å². The summed E-state index contributed by atoms with van der Waals surface area (Å²) in [5, 5.41) is 5.16. The van der Waals surface area contributed by atoms with Gasteiger partial charge in [-0.05, 0) is 67.6 Å². The van der Waals surface area contributed by atoms with E-state index in [2.05, 4.69) is 10.6 Å². The molecule has 3 aromatic rings. The van der Waals surface area contributed by atoms with Crippen molar-refractivity contribution in [3.63, 3.8) is 0 Å². The largest absolute Gasteiger partial charge is 0.491 e. The normalized spacial score (nSPS) is 11.1. The van der Waals surface area contributed by atoms with E-state index in [1.54, 1.807) is 24.3 Å². The standard InChI is InChI=1S/C25H23F3N2O4/c1-2-33-13-14-34-22-8-3-5-18(15-22)24(32)29-20-11-9-17(10-12-20)23(31)30-21-7-4-6-19(16-21)25(26,27)28/h3-12,15-16H,2,13-14H2,1H3,(H,29,32)(H,30,31). The molecule has 3 aromatic carbocycles. The Morgan fingerprint density at radius 2 is 1.47 bits per heavy atom. The van der Waals surface area contributed by atoms with Gasteiger partial charge < -0.3 is 20.1 Å². The molecule has 0 saturated heterocycles. The van der Waals surface area contributed by atoms with Crippen LogP contribution in [0.3, 0.4) is 0 Å². The van der Waals surface area contributed by atoms with Gasteiger partial charge in [0.05, 0.1) is 12.2 Å². The van der Waals surface area contributed by atoms with E-state index in [0.29, 0.717) is 36.8 Å². The maximum absolute atomic E-state index is 12.8. The van der Waals surface area contributed by atoms with E-state index in [9.17, 15) is 22.8 Å². The summed E-state index contributed by atoms with van der Waals surface area (Å²) in [6, 6.07) is 17.1. The first kappa shape index (κ1) is 24.8. The lowest BCUT2D eigenvalue weighted by Crippen LogP contribution is -2.14. The smallest absolute Gasteiger partial charge is 0.416 e. The van der Waals surface area contributed by atoms with E-state index in [0.717, 1.165) is 12.1 Å². The highest BCUT2D eigenvalue weighted by Gasteiger charge is 2.30. The molecule has 34 heavy (non-hydrogen) atoms. The van der Waals surface area contributed by atoms with Crippen molar-refractivity contribution >= 4 is 23.2 Å². The number of carbonyl (C=O) groups excluding carboxylic acids is 2. The molecule has 0 bridgehead atoms. The zero-order chi connectivity index (χ0) is 24.6. The van der Waals surface area contributed by atoms with Crippen LogP contribution in [0.15, 0.2) is 72.8 Å². The summed E-state index contributed by atoms with van der Waals surface area (Å²) >= 11 is 0. The number of rotatable bonds is 9. The molecule has 3 rings (SSSR count). The molecule has 0 spiro atoms. The maximum atomic E-state index is 12.8. The Hall–Kier alpha value is -3.85. The van der Waals surface area contributed by atoms with E-state index >= 15 is 0 Å². The van der Waals surface area contributed by atoms with Gasteiger partial charge in [0.2, 0.25) is 0 Å². The quantitative estimate of drug-likeness (QED) is 0.396. The van der Waals surface area contributed by atoms with Crippen LogP contribution in [0.25, 0.3) is 0 Å². The van der Waals surface area contributed by atoms with Gasteiger partial charge >= 0.3 is 6.18 Å². The van der Waals surface area contributed by atoms with Crippen LogP contribution in [0.4, 0.5) is 24.5 Å². The fraction of sp³-hybridized carbons (Fsp3) is 0.200. The summed E-state index contributed by atoms with van der Waals surface area (Å²) in [4.78, 5) is 24.9. The van der Waals surface area contributed by atoms with Crippen molar-refractivity contribution < 1.29 is 32.2 Å². The molecule has 0 aliphatic rings. The van der Waals surface area contributed by atoms with Crippen LogP contribution in [0.1, 0.15) is 33.2 Å². The summed E-state index contributed by atoms with van der Waals surface area (Å²) in [5.41, 5.74) is 0.233. The van der Waals surface area contributed by atoms with Crippen molar-refractivity contribution in [2.45, 2.75) is 13.1 Å². The lowest BCUT2D eigenvalue weighted by atomic mass is 10.1. The van der Waals surface area contributed by atoms with Crippen molar-refractivity contribution in [3.8, 4) is 5.75 Å². The van der Waals surface area contributed by atoms with Gasteiger partial charge in [0.15, 0.2) is 0 Å². The third-order valence-corrected chi connectivity index (χ3v) is 4.65. The predicted octanol–water partition coefficient (Wildman–Crippen LogP) is 5.63. The van der Waals surface area contributed by atoms with Gasteiger partial charge in [-0.15, -0.1) is 0 Å². The zero-order valence-electron chi connectivity index (χ0n) is 18.3. The van der Waals surface area contributed by atoms with E-state index < -0.39 is 17.6 Å². The number of halogens is 3. The van der Waals surface area contributed by atoms with Crippen LogP contribution in [0.5, 0.6) is 5.75 Å². The second-order valence-corrected chi connectivity index (χ2v) is 7.14. The molecule has 2 amide bonds. The van der Waals surface area contributed by atoms with Gasteiger partial charge in [0.25, 0.3) is 11.8 Å². The lowest BCUT2D eigenvalue weighted by Gasteiger charge is -2.11. The van der Waals surface area contributed by atoms with Gasteiger partial charge in [-0.3, -0.25) is 9.59 Å². The molecule has 9 heteroatoms. The van der Waals surface area contributed by atoms with E-state index in [1.165, 1.54) is 36.4 Å². The highest BCUT2D eigenvalue weighted by molar-refractivity contribution is 6.06. The number of nitrogens with one attached hydrogen (secondary N) is 2. The average Bonchev–Trinajstić information content (AvgIpc) is 2.82. The molecule has 0 atom stereocenters. The Morgan fingerprint density at radius 1 is 0.794 bits per heavy atom. The summed E-state index contributed by atoms with van der Waals surface area (Å²) in [7, 11) is 0. The minimum atomic E-state index is -4.50. The first-order chi connectivity index (χ1) is 16.3. The third kappa shape index (κ3) is 7.08. The fourth-order valence-electron chi connectivity index (χ4n) is 2.97. The number of hydrogen-bond acceptors (Lipinski definition) is 4. The number of amides is 2. The highest BCUT2D eigenvalue weighted by Crippen LogP contribution is 2.30. The first-order valence-electron chi connectivity index (χ1n) is 10.5. The molecule has 0 aliphatic heterocycles. The van der Waals surface area contributed by atoms with Gasteiger partial charge in [-0.2, -0.15) is 13.2 Å². The van der Waals surface area contributed by atoms with Crippen LogP contribution in [-0.2, 0) is 10.9 Å². The SMILES string of the molecule is CCOCCOc1cccc(C(=O)Nc2ccc(C(=O)Nc3cccc(C(F)(F)F)c3)cc2)c1. The number of anilines is 2. The summed E-state index contributed by atoms with van der Waals surface area (Å²) in [6.45, 7) is 3.29. The zero-order valence-corrected chi connectivity index (χ0v) is 18.3. The average molecular weight is 472 g/mol. The minimum Gasteiger partial charge on any atom is -0.491 e. The number of benzene rings is 3. The van der Waals surface area contributed by atoms with Crippen LogP contribution in [-0.4, -0.2) is 31.6 Å². The lowest BCUT2D eigenvalue weighted by molar-refractivity contribution is -0.137. The van der Waals surface area contributed by atoms with E-state index in [-0.39, 0.29) is 17.2 Å². The van der Waals surface area contributed by atoms with Crippen molar-refractivity contribution in [1.82, 2.24) is 0 Å². The fourth-order valence-corrected chi connectivity index (χ4v) is 2.97. The molecule has 0 aliphatic carbocycles. The highest BCUT2D eigenvalue weighted by atomic mass is 19.4. The molecule has 0 heterocycles. The maximum Gasteiger partial charge on any atom is 0.416 e. The minimum absolute atomic E-state index is 0.0283. The van der Waals surface area contributed by atoms with Crippen LogP contribution < -0.4 is 15.4 Å². The van der Waals surface area contributed by atoms with E-state index in [4.69, 9.17) is 9.47 Å². The van der Waals surface area contributed by atoms with Gasteiger partial charge in [-0.25, -0.2) is 0 Å². The first-order valence-corrected chi connectivity index (χ1v) is 10.5. The predicted molar refractivity (Wildman–Crippen MR) is 122 cm³/mol. The molecule has 0 fully saturated rings. The van der Waals surface area contributed by atoms with Gasteiger partial charge in [0.1, 0.15) is 12.4 Å². The summed E-state index contributed by atoms with van der Waals surface area (Å²) < 4.78 is 49.3. The third-order valence-electron chi connectivity index (χ3n) is 4.65. The van der Waals surface area contributed by atoms with Crippen molar-refractivity contribution in [2.75, 3.05) is 30.5 Å². The van der Waals surface area contributed by atoms with Gasteiger partial charge in [-0.1, -0.05) is 12.1 Å². The molecule has 6 nitrogen and oxygen atoms in total. The Kier molecular flexibility index (Phi) is 8.26. The molecule has 0 radical (unpaired) electrons. The van der Waals surface area contributed by atoms with Gasteiger partial charge in [0, 0.05) is 29.1 Å². The van der Waals surface area contributed by atoms with Crippen molar-refractivity contribution in [1.29, 1.82) is 0 Å². The van der Waals surface area contributed by atoms with Crippen molar-refractivity contribution in [2.24, 2.45) is 0 Å². The number of ether oxygens (including phenoxy) is 2. The molecule has 0 aromatic heterocycles. The topological polar surface area (TPSA) is 76.7 Å². The molecular formula is C25H23F3N2O4. The summed E-state index contributed by atoms with van der Waals surface area (Å²) in [5.74, 6) is -0.403. The monoisotopic (exact) mass is 472 g/mol.